The Bertz CT molecular complexity index is 649. The second kappa shape index (κ2) is 6.05. The van der Waals surface area contributed by atoms with E-state index in [2.05, 4.69) is 30.4 Å². The van der Waals surface area contributed by atoms with Crippen LogP contribution in [0.4, 0.5) is 5.82 Å². The van der Waals surface area contributed by atoms with Gasteiger partial charge in [0.05, 0.1) is 17.6 Å². The zero-order chi connectivity index (χ0) is 15.5. The first kappa shape index (κ1) is 14.4. The Balaban J connectivity index is 1.45. The molecule has 2 aromatic heterocycles. The quantitative estimate of drug-likeness (QED) is 0.896. The molecule has 1 amide bonds. The first-order chi connectivity index (χ1) is 10.6. The summed E-state index contributed by atoms with van der Waals surface area (Å²) in [7, 11) is 0. The Kier molecular flexibility index (Phi) is 3.95. The van der Waals surface area contributed by atoms with Crippen molar-refractivity contribution in [1.82, 2.24) is 25.5 Å². The average Bonchev–Trinajstić information content (AvgIpc) is 2.48. The highest BCUT2D eigenvalue weighted by Gasteiger charge is 2.28. The van der Waals surface area contributed by atoms with Crippen molar-refractivity contribution in [3.63, 3.8) is 0 Å². The van der Waals surface area contributed by atoms with E-state index in [1.807, 2.05) is 26.0 Å². The number of anilines is 1. The van der Waals surface area contributed by atoms with Crippen LogP contribution in [0, 0.1) is 19.8 Å². The van der Waals surface area contributed by atoms with Crippen molar-refractivity contribution >= 4 is 11.7 Å². The van der Waals surface area contributed by atoms with Gasteiger partial charge in [-0.25, -0.2) is 4.98 Å². The van der Waals surface area contributed by atoms with E-state index in [0.717, 1.165) is 30.3 Å². The van der Waals surface area contributed by atoms with Gasteiger partial charge in [0.1, 0.15) is 5.69 Å². The third-order valence-electron chi connectivity index (χ3n) is 3.63. The summed E-state index contributed by atoms with van der Waals surface area (Å²) < 4.78 is 0. The molecule has 22 heavy (non-hydrogen) atoms. The summed E-state index contributed by atoms with van der Waals surface area (Å²) in [5.74, 6) is 1.13. The number of carbonyl (C=O) groups is 1. The van der Waals surface area contributed by atoms with Gasteiger partial charge in [-0.3, -0.25) is 9.78 Å². The number of nitrogens with one attached hydrogen (secondary N) is 1. The predicted molar refractivity (Wildman–Crippen MR) is 81.6 cm³/mol. The Hall–Kier alpha value is -2.57. The molecule has 0 aliphatic carbocycles. The van der Waals surface area contributed by atoms with E-state index in [1.165, 1.54) is 6.20 Å². The number of amides is 1. The Morgan fingerprint density at radius 3 is 2.64 bits per heavy atom. The summed E-state index contributed by atoms with van der Waals surface area (Å²) in [5.41, 5.74) is 2.06. The third kappa shape index (κ3) is 3.19. The van der Waals surface area contributed by atoms with Crippen LogP contribution in [0.1, 0.15) is 21.9 Å². The van der Waals surface area contributed by atoms with Crippen molar-refractivity contribution in [3.05, 3.63) is 41.6 Å². The zero-order valence-corrected chi connectivity index (χ0v) is 12.7. The molecular formula is C15H18N6O. The maximum atomic E-state index is 11.9. The number of carbonyl (C=O) groups excluding carboxylic acids is 1. The number of rotatable bonds is 4. The summed E-state index contributed by atoms with van der Waals surface area (Å²) in [6.07, 6.45) is 3.09. The lowest BCUT2D eigenvalue weighted by Gasteiger charge is -2.39. The zero-order valence-electron chi connectivity index (χ0n) is 12.7. The van der Waals surface area contributed by atoms with Crippen molar-refractivity contribution < 1.29 is 4.79 Å². The molecule has 1 N–H and O–H groups in total. The summed E-state index contributed by atoms with van der Waals surface area (Å²) in [4.78, 5) is 22.2. The molecule has 1 fully saturated rings. The van der Waals surface area contributed by atoms with Crippen molar-refractivity contribution in [2.75, 3.05) is 24.5 Å². The molecule has 3 rings (SSSR count). The second-order valence-corrected chi connectivity index (χ2v) is 5.56. The van der Waals surface area contributed by atoms with E-state index in [9.17, 15) is 4.79 Å². The van der Waals surface area contributed by atoms with Gasteiger partial charge in [0.25, 0.3) is 5.91 Å². The lowest BCUT2D eigenvalue weighted by Crippen LogP contribution is -2.52. The van der Waals surface area contributed by atoms with Gasteiger partial charge in [-0.05, 0) is 26.0 Å². The molecule has 0 spiro atoms. The van der Waals surface area contributed by atoms with Gasteiger partial charge < -0.3 is 10.2 Å². The fourth-order valence-electron chi connectivity index (χ4n) is 2.28. The maximum Gasteiger partial charge on any atom is 0.271 e. The molecule has 7 heteroatoms. The molecule has 7 nitrogen and oxygen atoms in total. The van der Waals surface area contributed by atoms with E-state index in [-0.39, 0.29) is 5.91 Å². The summed E-state index contributed by atoms with van der Waals surface area (Å²) >= 11 is 0. The smallest absolute Gasteiger partial charge is 0.271 e. The lowest BCUT2D eigenvalue weighted by molar-refractivity contribution is 0.0939. The average molecular weight is 298 g/mol. The minimum atomic E-state index is -0.180. The number of hydrogen-bond donors (Lipinski definition) is 1. The van der Waals surface area contributed by atoms with Crippen LogP contribution in [-0.4, -0.2) is 45.7 Å². The standard InChI is InChI=1S/C15H18N6O/c1-10-3-4-14(20-19-10)21-8-12(9-21)6-18-15(22)13-7-16-11(2)5-17-13/h3-5,7,12H,6,8-9H2,1-2H3,(H,18,22). The second-order valence-electron chi connectivity index (χ2n) is 5.56. The molecule has 2 aromatic rings. The molecule has 0 aromatic carbocycles. The molecule has 0 unspecified atom stereocenters. The SMILES string of the molecule is Cc1cnc(C(=O)NCC2CN(c3ccc(C)nn3)C2)cn1. The van der Waals surface area contributed by atoms with E-state index in [1.54, 1.807) is 6.20 Å². The summed E-state index contributed by atoms with van der Waals surface area (Å²) in [5, 5.41) is 11.1. The van der Waals surface area contributed by atoms with Gasteiger partial charge in [-0.2, -0.15) is 5.10 Å². The predicted octanol–water partition coefficient (Wildman–Crippen LogP) is 0.750. The van der Waals surface area contributed by atoms with Crippen LogP contribution >= 0.6 is 0 Å². The molecule has 0 radical (unpaired) electrons. The van der Waals surface area contributed by atoms with Crippen LogP contribution in [0.5, 0.6) is 0 Å². The number of aromatic nitrogens is 4. The van der Waals surface area contributed by atoms with Gasteiger partial charge in [-0.1, -0.05) is 0 Å². The van der Waals surface area contributed by atoms with E-state index in [0.29, 0.717) is 18.2 Å². The van der Waals surface area contributed by atoms with Gasteiger partial charge in [0.2, 0.25) is 0 Å². The first-order valence-corrected chi connectivity index (χ1v) is 7.24. The topological polar surface area (TPSA) is 83.9 Å². The largest absolute Gasteiger partial charge is 0.354 e. The molecule has 0 saturated carbocycles. The molecule has 1 aliphatic heterocycles. The Labute approximate surface area is 128 Å². The Morgan fingerprint density at radius 2 is 2.00 bits per heavy atom. The lowest BCUT2D eigenvalue weighted by atomic mass is 10.0. The van der Waals surface area contributed by atoms with Crippen LogP contribution in [0.25, 0.3) is 0 Å². The van der Waals surface area contributed by atoms with E-state index in [4.69, 9.17) is 0 Å². The van der Waals surface area contributed by atoms with Gasteiger partial charge in [0, 0.05) is 31.7 Å². The summed E-state index contributed by atoms with van der Waals surface area (Å²) in [6, 6.07) is 3.92. The van der Waals surface area contributed by atoms with Gasteiger partial charge >= 0.3 is 0 Å². The van der Waals surface area contributed by atoms with Crippen LogP contribution in [0.15, 0.2) is 24.5 Å². The fraction of sp³-hybridized carbons (Fsp3) is 0.400. The highest BCUT2D eigenvalue weighted by molar-refractivity contribution is 5.91. The third-order valence-corrected chi connectivity index (χ3v) is 3.63. The first-order valence-electron chi connectivity index (χ1n) is 7.24. The summed E-state index contributed by atoms with van der Waals surface area (Å²) in [6.45, 7) is 6.13. The normalized spacial score (nSPS) is 14.5. The van der Waals surface area contributed by atoms with Crippen molar-refractivity contribution in [2.45, 2.75) is 13.8 Å². The molecule has 1 saturated heterocycles. The van der Waals surface area contributed by atoms with Gasteiger partial charge in [0.15, 0.2) is 5.82 Å². The fourth-order valence-corrected chi connectivity index (χ4v) is 2.28. The maximum absolute atomic E-state index is 11.9. The minimum absolute atomic E-state index is 0.180. The molecular weight excluding hydrogens is 280 g/mol. The number of hydrogen-bond acceptors (Lipinski definition) is 6. The Morgan fingerprint density at radius 1 is 1.18 bits per heavy atom. The molecule has 0 bridgehead atoms. The van der Waals surface area contributed by atoms with Crippen molar-refractivity contribution in [3.8, 4) is 0 Å². The van der Waals surface area contributed by atoms with Crippen LogP contribution in [-0.2, 0) is 0 Å². The van der Waals surface area contributed by atoms with Gasteiger partial charge in [-0.15, -0.1) is 5.10 Å². The number of aryl methyl sites for hydroxylation is 2. The monoisotopic (exact) mass is 298 g/mol. The molecule has 114 valence electrons. The highest BCUT2D eigenvalue weighted by Crippen LogP contribution is 2.21. The molecule has 0 atom stereocenters. The van der Waals surface area contributed by atoms with Crippen LogP contribution < -0.4 is 10.2 Å². The minimum Gasteiger partial charge on any atom is -0.354 e. The highest BCUT2D eigenvalue weighted by atomic mass is 16.1. The molecule has 1 aliphatic rings. The molecule has 3 heterocycles. The van der Waals surface area contributed by atoms with Crippen LogP contribution in [0.3, 0.4) is 0 Å². The van der Waals surface area contributed by atoms with Crippen LogP contribution in [0.2, 0.25) is 0 Å². The van der Waals surface area contributed by atoms with Crippen molar-refractivity contribution in [2.24, 2.45) is 5.92 Å². The number of nitrogens with zero attached hydrogens (tertiary/aromatic N) is 5. The van der Waals surface area contributed by atoms with E-state index >= 15 is 0 Å². The van der Waals surface area contributed by atoms with Crippen molar-refractivity contribution in [1.29, 1.82) is 0 Å². The van der Waals surface area contributed by atoms with E-state index < -0.39 is 0 Å².